The van der Waals surface area contributed by atoms with Crippen molar-refractivity contribution in [1.29, 1.82) is 0 Å². The normalized spacial score (nSPS) is 16.3. The number of anilines is 1. The van der Waals surface area contributed by atoms with Crippen LogP contribution in [0.4, 0.5) is 19.0 Å². The van der Waals surface area contributed by atoms with Gasteiger partial charge in [-0.1, -0.05) is 16.8 Å². The topological polar surface area (TPSA) is 99.7 Å². The summed E-state index contributed by atoms with van der Waals surface area (Å²) in [5.41, 5.74) is 3.98. The zero-order valence-electron chi connectivity index (χ0n) is 13.3. The van der Waals surface area contributed by atoms with Crippen LogP contribution in [-0.2, 0) is 15.8 Å². The Morgan fingerprint density at radius 1 is 1.46 bits per heavy atom. The van der Waals surface area contributed by atoms with E-state index in [4.69, 9.17) is 28.7 Å². The quantitative estimate of drug-likeness (QED) is 0.440. The van der Waals surface area contributed by atoms with Crippen molar-refractivity contribution in [2.75, 3.05) is 18.9 Å². The summed E-state index contributed by atoms with van der Waals surface area (Å²) < 4.78 is 37.7. The summed E-state index contributed by atoms with van der Waals surface area (Å²) in [5, 5.41) is 9.08. The maximum Gasteiger partial charge on any atom is 0.417 e. The molecule has 2 rings (SSSR count). The zero-order valence-corrected chi connectivity index (χ0v) is 14.8. The second-order valence-electron chi connectivity index (χ2n) is 5.06. The van der Waals surface area contributed by atoms with E-state index in [1.165, 1.54) is 0 Å². The van der Waals surface area contributed by atoms with Crippen molar-refractivity contribution in [1.82, 2.24) is 21.2 Å². The molecule has 1 aliphatic rings. The molecule has 2 heterocycles. The molecule has 0 fully saturated rings. The number of nitrogens with one attached hydrogen (secondary N) is 4. The van der Waals surface area contributed by atoms with Crippen LogP contribution in [0, 0.1) is 0 Å². The van der Waals surface area contributed by atoms with Gasteiger partial charge in [-0.3, -0.25) is 15.6 Å². The number of thiocarbonyl (C=S) groups is 1. The van der Waals surface area contributed by atoms with Gasteiger partial charge in [0.2, 0.25) is 0 Å². The number of carbonyl (C=O) groups is 1. The molecule has 0 bridgehead atoms. The Morgan fingerprint density at radius 2 is 2.19 bits per heavy atom. The first kappa shape index (κ1) is 20.0. The Labute approximate surface area is 156 Å². The van der Waals surface area contributed by atoms with Crippen molar-refractivity contribution in [3.8, 4) is 0 Å². The van der Waals surface area contributed by atoms with Crippen LogP contribution in [0.5, 0.6) is 0 Å². The lowest BCUT2D eigenvalue weighted by molar-refractivity contribution is -0.137. The highest BCUT2D eigenvalue weighted by Crippen LogP contribution is 2.32. The number of hydrazine groups is 1. The maximum absolute atomic E-state index is 12.6. The molecule has 13 heteroatoms. The molecule has 0 aromatic carbocycles. The van der Waals surface area contributed by atoms with Crippen LogP contribution < -0.4 is 21.5 Å². The molecule has 26 heavy (non-hydrogen) atoms. The fourth-order valence-corrected chi connectivity index (χ4v) is 2.14. The highest BCUT2D eigenvalue weighted by atomic mass is 35.5. The predicted molar refractivity (Wildman–Crippen MR) is 92.6 cm³/mol. The average molecular weight is 411 g/mol. The summed E-state index contributed by atoms with van der Waals surface area (Å²) in [6, 6.07) is 0.776. The summed E-state index contributed by atoms with van der Waals surface area (Å²) in [7, 11) is 1.58. The van der Waals surface area contributed by atoms with E-state index in [0.717, 1.165) is 6.07 Å². The number of hydrogen-bond acceptors (Lipinski definition) is 6. The van der Waals surface area contributed by atoms with Crippen LogP contribution in [0.3, 0.4) is 0 Å². The van der Waals surface area contributed by atoms with Crippen LogP contribution in [-0.4, -0.2) is 41.4 Å². The fourth-order valence-electron chi connectivity index (χ4n) is 1.85. The van der Waals surface area contributed by atoms with E-state index >= 15 is 0 Å². The number of oxime groups is 1. The predicted octanol–water partition coefficient (Wildman–Crippen LogP) is 1.44. The van der Waals surface area contributed by atoms with Gasteiger partial charge in [-0.05, 0) is 18.3 Å². The molecule has 8 nitrogen and oxygen atoms in total. The second kappa shape index (κ2) is 8.36. The number of amides is 1. The van der Waals surface area contributed by atoms with E-state index in [1.807, 2.05) is 0 Å². The molecule has 1 aromatic heterocycles. The van der Waals surface area contributed by atoms with Crippen LogP contribution in [0.15, 0.2) is 17.4 Å². The number of pyridine rings is 1. The first-order valence-corrected chi connectivity index (χ1v) is 7.96. The zero-order chi connectivity index (χ0) is 19.3. The molecule has 0 radical (unpaired) electrons. The largest absolute Gasteiger partial charge is 0.417 e. The monoisotopic (exact) mass is 410 g/mol. The van der Waals surface area contributed by atoms with Gasteiger partial charge in [-0.25, -0.2) is 4.98 Å². The lowest BCUT2D eigenvalue weighted by Gasteiger charge is -2.13. The lowest BCUT2D eigenvalue weighted by Crippen LogP contribution is -2.48. The third-order valence-electron chi connectivity index (χ3n) is 3.18. The molecular formula is C13H14ClF3N6O2S. The van der Waals surface area contributed by atoms with Crippen molar-refractivity contribution in [2.45, 2.75) is 18.7 Å². The van der Waals surface area contributed by atoms with Crippen LogP contribution in [0.1, 0.15) is 12.0 Å². The molecule has 1 aliphatic heterocycles. The van der Waals surface area contributed by atoms with E-state index in [-0.39, 0.29) is 34.6 Å². The number of aromatic nitrogens is 1. The molecule has 0 unspecified atom stereocenters. The van der Waals surface area contributed by atoms with E-state index in [0.29, 0.717) is 6.20 Å². The van der Waals surface area contributed by atoms with Crippen molar-refractivity contribution >= 4 is 46.4 Å². The van der Waals surface area contributed by atoms with E-state index in [1.54, 1.807) is 7.05 Å². The highest BCUT2D eigenvalue weighted by molar-refractivity contribution is 7.80. The maximum atomic E-state index is 12.6. The minimum Gasteiger partial charge on any atom is -0.390 e. The second-order valence-corrected chi connectivity index (χ2v) is 5.88. The molecule has 0 saturated carbocycles. The number of alkyl halides is 3. The first-order valence-electron chi connectivity index (χ1n) is 7.18. The molecular weight excluding hydrogens is 397 g/mol. The standard InChI is InChI=1S/C13H14ClF3N6O2S/c1-18-12(26)22-21-11(24)9-3-7(25-23-9)5-20-10-8(14)2-6(4-19-10)13(15,16)17/h2,4,7H,3,5H2,1H3,(H,19,20)(H,21,24)(H2,18,22,26)/t7-/m1/s1. The molecule has 1 atom stereocenters. The minimum absolute atomic E-state index is 0.0715. The number of carbonyl (C=O) groups excluding carboxylic acids is 1. The van der Waals surface area contributed by atoms with Crippen LogP contribution >= 0.6 is 23.8 Å². The van der Waals surface area contributed by atoms with Crippen molar-refractivity contribution in [3.63, 3.8) is 0 Å². The van der Waals surface area contributed by atoms with Gasteiger partial charge in [0.1, 0.15) is 11.5 Å². The molecule has 0 saturated heterocycles. The van der Waals surface area contributed by atoms with Crippen LogP contribution in [0.2, 0.25) is 5.02 Å². The molecule has 0 aliphatic carbocycles. The van der Waals surface area contributed by atoms with Gasteiger partial charge in [0, 0.05) is 19.7 Å². The Balaban J connectivity index is 1.83. The molecule has 142 valence electrons. The van der Waals surface area contributed by atoms with Gasteiger partial charge < -0.3 is 15.5 Å². The average Bonchev–Trinajstić information content (AvgIpc) is 3.06. The number of nitrogens with zero attached hydrogens (tertiary/aromatic N) is 2. The van der Waals surface area contributed by atoms with Gasteiger partial charge in [0.05, 0.1) is 17.1 Å². The summed E-state index contributed by atoms with van der Waals surface area (Å²) >= 11 is 10.6. The Morgan fingerprint density at radius 3 is 2.81 bits per heavy atom. The van der Waals surface area contributed by atoms with Gasteiger partial charge in [0.25, 0.3) is 5.91 Å². The molecule has 1 amide bonds. The highest BCUT2D eigenvalue weighted by Gasteiger charge is 2.32. The Bertz CT molecular complexity index is 730. The van der Waals surface area contributed by atoms with Crippen LogP contribution in [0.25, 0.3) is 0 Å². The smallest absolute Gasteiger partial charge is 0.390 e. The van der Waals surface area contributed by atoms with Gasteiger partial charge in [-0.2, -0.15) is 13.2 Å². The van der Waals surface area contributed by atoms with Gasteiger partial charge in [-0.15, -0.1) is 0 Å². The van der Waals surface area contributed by atoms with Gasteiger partial charge in [0.15, 0.2) is 11.2 Å². The summed E-state index contributed by atoms with van der Waals surface area (Å²) in [6.45, 7) is 0.140. The van der Waals surface area contributed by atoms with E-state index in [9.17, 15) is 18.0 Å². The van der Waals surface area contributed by atoms with Crippen molar-refractivity contribution in [2.24, 2.45) is 5.16 Å². The third-order valence-corrected chi connectivity index (χ3v) is 3.77. The third kappa shape index (κ3) is 5.33. The SMILES string of the molecule is CNC(=S)NNC(=O)C1=NO[C@@H](CNc2ncc(C(F)(F)F)cc2Cl)C1. The van der Waals surface area contributed by atoms with E-state index in [2.05, 4.69) is 31.6 Å². The summed E-state index contributed by atoms with van der Waals surface area (Å²) in [4.78, 5) is 20.6. The summed E-state index contributed by atoms with van der Waals surface area (Å²) in [5.74, 6) is -0.446. The number of rotatable bonds is 4. The Hall–Kier alpha value is -2.34. The summed E-state index contributed by atoms with van der Waals surface area (Å²) in [6.07, 6.45) is -4.17. The van der Waals surface area contributed by atoms with Crippen molar-refractivity contribution < 1.29 is 22.8 Å². The molecule has 0 spiro atoms. The van der Waals surface area contributed by atoms with Crippen molar-refractivity contribution in [3.05, 3.63) is 22.8 Å². The number of hydrogen-bond donors (Lipinski definition) is 4. The minimum atomic E-state index is -4.52. The van der Waals surface area contributed by atoms with Gasteiger partial charge >= 0.3 is 6.18 Å². The van der Waals surface area contributed by atoms with E-state index < -0.39 is 23.8 Å². The molecule has 4 N–H and O–H groups in total. The Kier molecular flexibility index (Phi) is 6.42. The fraction of sp³-hybridized carbons (Fsp3) is 0.385. The number of halogens is 4. The molecule has 1 aromatic rings. The lowest BCUT2D eigenvalue weighted by atomic mass is 10.1. The first-order chi connectivity index (χ1) is 12.2.